The predicted octanol–water partition coefficient (Wildman–Crippen LogP) is 4.30. The van der Waals surface area contributed by atoms with E-state index in [4.69, 9.17) is 14.6 Å². The van der Waals surface area contributed by atoms with E-state index in [1.165, 1.54) is 0 Å². The second-order valence-electron chi connectivity index (χ2n) is 9.45. The summed E-state index contributed by atoms with van der Waals surface area (Å²) in [7, 11) is 3.17. The van der Waals surface area contributed by atoms with Crippen molar-refractivity contribution in [2.75, 3.05) is 14.2 Å². The Labute approximate surface area is 221 Å². The third-order valence-electron chi connectivity index (χ3n) is 6.97. The van der Waals surface area contributed by atoms with Gasteiger partial charge in [0, 0.05) is 17.7 Å². The number of hydrogen-bond acceptors (Lipinski definition) is 5. The fourth-order valence-corrected chi connectivity index (χ4v) is 4.78. The van der Waals surface area contributed by atoms with Crippen molar-refractivity contribution in [2.45, 2.75) is 32.1 Å². The van der Waals surface area contributed by atoms with Gasteiger partial charge >= 0.3 is 0 Å². The molecule has 3 aromatic carbocycles. The Hall–Kier alpha value is -4.59. The Morgan fingerprint density at radius 2 is 1.68 bits per heavy atom. The number of aromatic nitrogens is 2. The van der Waals surface area contributed by atoms with Crippen LogP contribution in [0, 0.1) is 0 Å². The molecule has 0 spiro atoms. The molecule has 5 rings (SSSR count). The average Bonchev–Trinajstić information content (AvgIpc) is 3.38. The highest BCUT2D eigenvalue weighted by Gasteiger charge is 2.48. The molecule has 8 heteroatoms. The molecular formula is C30H30N4O4. The molecule has 0 radical (unpaired) electrons. The number of rotatable bonds is 8. The van der Waals surface area contributed by atoms with Crippen LogP contribution in [0.25, 0.3) is 11.3 Å². The van der Waals surface area contributed by atoms with Crippen molar-refractivity contribution in [1.29, 1.82) is 0 Å². The first-order valence-electron chi connectivity index (χ1n) is 12.4. The Balaban J connectivity index is 1.53. The number of benzene rings is 3. The number of carbonyl (C=O) groups is 2. The first-order valence-corrected chi connectivity index (χ1v) is 12.4. The van der Waals surface area contributed by atoms with Crippen LogP contribution in [0.5, 0.6) is 11.5 Å². The largest absolute Gasteiger partial charge is 0.497 e. The predicted molar refractivity (Wildman–Crippen MR) is 144 cm³/mol. The third kappa shape index (κ3) is 4.72. The quantitative estimate of drug-likeness (QED) is 0.382. The molecule has 4 aromatic rings. The number of hydrogen-bond donors (Lipinski definition) is 1. The summed E-state index contributed by atoms with van der Waals surface area (Å²) in [5.74, 6) is 0.693. The minimum Gasteiger partial charge on any atom is -0.497 e. The van der Waals surface area contributed by atoms with Crippen molar-refractivity contribution < 1.29 is 19.1 Å². The average molecular weight is 511 g/mol. The van der Waals surface area contributed by atoms with Gasteiger partial charge in [0.05, 0.1) is 33.0 Å². The number of fused-ring (bicyclic) bond motifs is 1. The van der Waals surface area contributed by atoms with Crippen molar-refractivity contribution in [1.82, 2.24) is 20.0 Å². The smallest absolute Gasteiger partial charge is 0.273 e. The number of methoxy groups -OCH3 is 2. The first kappa shape index (κ1) is 25.1. The Morgan fingerprint density at radius 3 is 2.37 bits per heavy atom. The molecule has 1 N–H and O–H groups in total. The van der Waals surface area contributed by atoms with E-state index in [-0.39, 0.29) is 24.9 Å². The maximum Gasteiger partial charge on any atom is 0.273 e. The SMILES string of the molecule is COc1ccc(OC)c(CN2C(=O)c3cc(-c4ccccc4)nn3CC2(C)C(=O)NCc2ccccc2)c1. The second-order valence-corrected chi connectivity index (χ2v) is 9.45. The van der Waals surface area contributed by atoms with Crippen LogP contribution in [0.15, 0.2) is 84.9 Å². The van der Waals surface area contributed by atoms with Gasteiger partial charge in [-0.25, -0.2) is 0 Å². The van der Waals surface area contributed by atoms with Crippen molar-refractivity contribution in [3.63, 3.8) is 0 Å². The van der Waals surface area contributed by atoms with E-state index in [1.54, 1.807) is 48.9 Å². The molecule has 1 aromatic heterocycles. The molecule has 8 nitrogen and oxygen atoms in total. The Bertz CT molecular complexity index is 1450. The summed E-state index contributed by atoms with van der Waals surface area (Å²) in [6, 6.07) is 26.6. The number of nitrogens with one attached hydrogen (secondary N) is 1. The Morgan fingerprint density at radius 1 is 0.974 bits per heavy atom. The van der Waals surface area contributed by atoms with Crippen LogP contribution >= 0.6 is 0 Å². The summed E-state index contributed by atoms with van der Waals surface area (Å²) >= 11 is 0. The molecule has 2 heterocycles. The van der Waals surface area contributed by atoms with E-state index in [0.29, 0.717) is 29.4 Å². The minimum absolute atomic E-state index is 0.153. The molecule has 0 saturated carbocycles. The van der Waals surface area contributed by atoms with E-state index < -0.39 is 5.54 Å². The molecule has 38 heavy (non-hydrogen) atoms. The highest BCUT2D eigenvalue weighted by molar-refractivity contribution is 6.00. The van der Waals surface area contributed by atoms with Gasteiger partial charge in [-0.1, -0.05) is 60.7 Å². The highest BCUT2D eigenvalue weighted by Crippen LogP contribution is 2.34. The number of amides is 2. The van der Waals surface area contributed by atoms with Crippen LogP contribution in [0.4, 0.5) is 0 Å². The van der Waals surface area contributed by atoms with E-state index in [2.05, 4.69) is 5.32 Å². The number of ether oxygens (including phenoxy) is 2. The van der Waals surface area contributed by atoms with E-state index in [9.17, 15) is 9.59 Å². The van der Waals surface area contributed by atoms with E-state index >= 15 is 0 Å². The molecule has 0 bridgehead atoms. The molecule has 194 valence electrons. The fraction of sp³-hybridized carbons (Fsp3) is 0.233. The van der Waals surface area contributed by atoms with Gasteiger partial charge in [-0.3, -0.25) is 14.3 Å². The summed E-state index contributed by atoms with van der Waals surface area (Å²) < 4.78 is 12.6. The number of carbonyl (C=O) groups excluding carboxylic acids is 2. The van der Waals surface area contributed by atoms with Crippen molar-refractivity contribution in [3.8, 4) is 22.8 Å². The maximum atomic E-state index is 14.0. The standard InChI is InChI=1S/C30H30N4O4/c1-30(29(36)31-18-21-10-6-4-7-11-21)20-34-26(17-25(32-34)22-12-8-5-9-13-22)28(35)33(30)19-23-16-24(37-2)14-15-27(23)38-3/h4-17H,18-20H2,1-3H3,(H,31,36). The van der Waals surface area contributed by atoms with Gasteiger partial charge in [0.2, 0.25) is 5.91 Å². The van der Waals surface area contributed by atoms with Crippen LogP contribution in [0.2, 0.25) is 0 Å². The van der Waals surface area contributed by atoms with Gasteiger partial charge in [-0.15, -0.1) is 0 Å². The normalized spacial score (nSPS) is 16.6. The summed E-state index contributed by atoms with van der Waals surface area (Å²) in [5, 5.41) is 7.75. The van der Waals surface area contributed by atoms with Crippen LogP contribution in [0.3, 0.4) is 0 Å². The van der Waals surface area contributed by atoms with Gasteiger partial charge < -0.3 is 19.7 Å². The highest BCUT2D eigenvalue weighted by atomic mass is 16.5. The third-order valence-corrected chi connectivity index (χ3v) is 6.97. The molecule has 0 saturated heterocycles. The van der Waals surface area contributed by atoms with Gasteiger partial charge in [0.15, 0.2) is 0 Å². The molecule has 1 aliphatic heterocycles. The molecule has 0 aliphatic carbocycles. The van der Waals surface area contributed by atoms with Crippen LogP contribution < -0.4 is 14.8 Å². The number of nitrogens with zero attached hydrogens (tertiary/aromatic N) is 3. The lowest BCUT2D eigenvalue weighted by molar-refractivity contribution is -0.133. The van der Waals surface area contributed by atoms with Crippen molar-refractivity contribution >= 4 is 11.8 Å². The molecule has 2 amide bonds. The van der Waals surface area contributed by atoms with E-state index in [0.717, 1.165) is 16.7 Å². The zero-order valence-corrected chi connectivity index (χ0v) is 21.7. The Kier molecular flexibility index (Phi) is 6.87. The summed E-state index contributed by atoms with van der Waals surface area (Å²) in [4.78, 5) is 29.4. The van der Waals surface area contributed by atoms with Gasteiger partial charge in [0.25, 0.3) is 5.91 Å². The zero-order chi connectivity index (χ0) is 26.7. The van der Waals surface area contributed by atoms with Gasteiger partial charge in [-0.2, -0.15) is 5.10 Å². The fourth-order valence-electron chi connectivity index (χ4n) is 4.78. The monoisotopic (exact) mass is 510 g/mol. The lowest BCUT2D eigenvalue weighted by atomic mass is 9.93. The summed E-state index contributed by atoms with van der Waals surface area (Å²) in [6.07, 6.45) is 0. The van der Waals surface area contributed by atoms with Crippen molar-refractivity contribution in [2.24, 2.45) is 0 Å². The lowest BCUT2D eigenvalue weighted by Crippen LogP contribution is -2.63. The van der Waals surface area contributed by atoms with Crippen LogP contribution in [-0.2, 0) is 24.4 Å². The van der Waals surface area contributed by atoms with Gasteiger partial charge in [0.1, 0.15) is 22.7 Å². The summed E-state index contributed by atoms with van der Waals surface area (Å²) in [5.41, 5.74) is 2.50. The first-order chi connectivity index (χ1) is 18.4. The van der Waals surface area contributed by atoms with Crippen LogP contribution in [0.1, 0.15) is 28.5 Å². The topological polar surface area (TPSA) is 85.7 Å². The molecule has 0 fully saturated rings. The van der Waals surface area contributed by atoms with Crippen molar-refractivity contribution in [3.05, 3.63) is 102 Å². The second kappa shape index (κ2) is 10.4. The lowest BCUT2D eigenvalue weighted by Gasteiger charge is -2.43. The molecular weight excluding hydrogens is 480 g/mol. The van der Waals surface area contributed by atoms with E-state index in [1.807, 2.05) is 66.7 Å². The molecule has 1 unspecified atom stereocenters. The zero-order valence-electron chi connectivity index (χ0n) is 21.7. The maximum absolute atomic E-state index is 14.0. The van der Waals surface area contributed by atoms with Crippen LogP contribution in [-0.4, -0.2) is 46.3 Å². The minimum atomic E-state index is -1.22. The molecule has 1 aliphatic rings. The molecule has 1 atom stereocenters. The summed E-state index contributed by atoms with van der Waals surface area (Å²) in [6.45, 7) is 2.49. The van der Waals surface area contributed by atoms with Gasteiger partial charge in [-0.05, 0) is 36.8 Å².